The van der Waals surface area contributed by atoms with Crippen LogP contribution in [0, 0.1) is 0 Å². The number of ether oxygens (including phenoxy) is 2. The molecule has 0 aromatic heterocycles. The average molecular weight is 314 g/mol. The summed E-state index contributed by atoms with van der Waals surface area (Å²) >= 11 is 0. The van der Waals surface area contributed by atoms with Crippen molar-refractivity contribution in [3.8, 4) is 11.5 Å². The third-order valence-corrected chi connectivity index (χ3v) is 5.74. The molecule has 1 aromatic rings. The van der Waals surface area contributed by atoms with Gasteiger partial charge in [-0.15, -0.1) is 0 Å². The maximum absolute atomic E-state index is 12.8. The van der Waals surface area contributed by atoms with E-state index >= 15 is 0 Å². The van der Waals surface area contributed by atoms with Crippen molar-refractivity contribution in [1.29, 1.82) is 0 Å². The van der Waals surface area contributed by atoms with Gasteiger partial charge in [0.05, 0.1) is 19.1 Å². The van der Waals surface area contributed by atoms with Gasteiger partial charge in [0.2, 0.25) is 10.0 Å². The lowest BCUT2D eigenvalue weighted by Crippen LogP contribution is -2.41. The standard InChI is InChI=1S/C14H22N2O4S/c1-4-16(11-7-8-15-10-11)21(17,18)12-5-6-13(19-2)14(9-12)20-3/h5-6,9,11,15H,4,7-8,10H2,1-3H3. The van der Waals surface area contributed by atoms with E-state index < -0.39 is 10.0 Å². The molecule has 1 fully saturated rings. The fraction of sp³-hybridized carbons (Fsp3) is 0.571. The number of rotatable bonds is 6. The maximum Gasteiger partial charge on any atom is 0.243 e. The Kier molecular flexibility index (Phi) is 5.08. The molecular weight excluding hydrogens is 292 g/mol. The Hall–Kier alpha value is -1.31. The first kappa shape index (κ1) is 16.1. The minimum Gasteiger partial charge on any atom is -0.493 e. The molecule has 1 unspecified atom stereocenters. The summed E-state index contributed by atoms with van der Waals surface area (Å²) in [6, 6.07) is 4.70. The summed E-state index contributed by atoms with van der Waals surface area (Å²) in [6.07, 6.45) is 0.834. The highest BCUT2D eigenvalue weighted by molar-refractivity contribution is 7.89. The van der Waals surface area contributed by atoms with Crippen LogP contribution in [0.4, 0.5) is 0 Å². The van der Waals surface area contributed by atoms with Crippen molar-refractivity contribution < 1.29 is 17.9 Å². The summed E-state index contributed by atoms with van der Waals surface area (Å²) in [7, 11) is -0.519. The molecule has 7 heteroatoms. The molecule has 2 rings (SSSR count). The Morgan fingerprint density at radius 2 is 2.00 bits per heavy atom. The van der Waals surface area contributed by atoms with Crippen LogP contribution in [-0.2, 0) is 10.0 Å². The molecule has 1 atom stereocenters. The van der Waals surface area contributed by atoms with Gasteiger partial charge in [-0.1, -0.05) is 6.92 Å². The fourth-order valence-corrected chi connectivity index (χ4v) is 4.30. The third-order valence-electron chi connectivity index (χ3n) is 3.71. The Bertz CT molecular complexity index is 583. The maximum atomic E-state index is 12.8. The minimum atomic E-state index is -3.53. The van der Waals surface area contributed by atoms with Crippen LogP contribution >= 0.6 is 0 Å². The van der Waals surface area contributed by atoms with E-state index in [0.29, 0.717) is 24.6 Å². The van der Waals surface area contributed by atoms with Crippen LogP contribution < -0.4 is 14.8 Å². The Balaban J connectivity index is 2.37. The summed E-state index contributed by atoms with van der Waals surface area (Å²) < 4.78 is 37.5. The Morgan fingerprint density at radius 3 is 2.52 bits per heavy atom. The zero-order valence-electron chi connectivity index (χ0n) is 12.6. The molecule has 6 nitrogen and oxygen atoms in total. The topological polar surface area (TPSA) is 67.9 Å². The summed E-state index contributed by atoms with van der Waals surface area (Å²) in [5.41, 5.74) is 0. The van der Waals surface area contributed by atoms with E-state index in [2.05, 4.69) is 5.32 Å². The zero-order valence-corrected chi connectivity index (χ0v) is 13.4. The summed E-state index contributed by atoms with van der Waals surface area (Å²) in [6.45, 7) is 3.85. The van der Waals surface area contributed by atoms with E-state index in [4.69, 9.17) is 9.47 Å². The smallest absolute Gasteiger partial charge is 0.243 e. The van der Waals surface area contributed by atoms with E-state index in [1.54, 1.807) is 16.4 Å². The highest BCUT2D eigenvalue weighted by Gasteiger charge is 2.32. The van der Waals surface area contributed by atoms with Gasteiger partial charge >= 0.3 is 0 Å². The van der Waals surface area contributed by atoms with Gasteiger partial charge in [0.15, 0.2) is 11.5 Å². The van der Waals surface area contributed by atoms with Gasteiger partial charge in [-0.2, -0.15) is 4.31 Å². The molecule has 0 radical (unpaired) electrons. The highest BCUT2D eigenvalue weighted by Crippen LogP contribution is 2.31. The number of nitrogens with zero attached hydrogens (tertiary/aromatic N) is 1. The van der Waals surface area contributed by atoms with Gasteiger partial charge in [-0.05, 0) is 25.1 Å². The van der Waals surface area contributed by atoms with Crippen molar-refractivity contribution in [2.24, 2.45) is 0 Å². The van der Waals surface area contributed by atoms with E-state index in [-0.39, 0.29) is 10.9 Å². The molecule has 118 valence electrons. The highest BCUT2D eigenvalue weighted by atomic mass is 32.2. The third kappa shape index (κ3) is 3.14. The van der Waals surface area contributed by atoms with Crippen molar-refractivity contribution in [3.63, 3.8) is 0 Å². The molecule has 0 amide bonds. The first-order chi connectivity index (χ1) is 10.0. The molecule has 1 aliphatic rings. The van der Waals surface area contributed by atoms with Gasteiger partial charge in [0.1, 0.15) is 0 Å². The molecule has 0 bridgehead atoms. The predicted molar refractivity (Wildman–Crippen MR) is 80.4 cm³/mol. The molecule has 1 N–H and O–H groups in total. The van der Waals surface area contributed by atoms with E-state index in [1.807, 2.05) is 6.92 Å². The number of likely N-dealkylation sites (N-methyl/N-ethyl adjacent to an activating group) is 1. The van der Waals surface area contributed by atoms with Gasteiger partial charge < -0.3 is 14.8 Å². The summed E-state index contributed by atoms with van der Waals surface area (Å²) in [4.78, 5) is 0.230. The first-order valence-electron chi connectivity index (χ1n) is 6.99. The molecular formula is C14H22N2O4S. The van der Waals surface area contributed by atoms with Gasteiger partial charge in [-0.3, -0.25) is 0 Å². The van der Waals surface area contributed by atoms with Crippen molar-refractivity contribution >= 4 is 10.0 Å². The lowest BCUT2D eigenvalue weighted by Gasteiger charge is -2.26. The molecule has 1 heterocycles. The average Bonchev–Trinajstić information content (AvgIpc) is 3.00. The number of benzene rings is 1. The van der Waals surface area contributed by atoms with Crippen LogP contribution in [0.15, 0.2) is 23.1 Å². The number of nitrogens with one attached hydrogen (secondary N) is 1. The Labute approximate surface area is 126 Å². The van der Waals surface area contributed by atoms with Crippen LogP contribution in [0.2, 0.25) is 0 Å². The normalized spacial score (nSPS) is 19.0. The predicted octanol–water partition coefficient (Wildman–Crippen LogP) is 1.08. The molecule has 21 heavy (non-hydrogen) atoms. The second kappa shape index (κ2) is 6.64. The monoisotopic (exact) mass is 314 g/mol. The molecule has 1 saturated heterocycles. The van der Waals surface area contributed by atoms with Gasteiger partial charge in [0.25, 0.3) is 0 Å². The fourth-order valence-electron chi connectivity index (χ4n) is 2.62. The summed E-state index contributed by atoms with van der Waals surface area (Å²) in [5.74, 6) is 0.932. The van der Waals surface area contributed by atoms with Crippen LogP contribution in [0.3, 0.4) is 0 Å². The second-order valence-corrected chi connectivity index (χ2v) is 6.76. The number of hydrogen-bond acceptors (Lipinski definition) is 5. The van der Waals surface area contributed by atoms with Crippen molar-refractivity contribution in [3.05, 3.63) is 18.2 Å². The van der Waals surface area contributed by atoms with Crippen LogP contribution in [0.5, 0.6) is 11.5 Å². The van der Waals surface area contributed by atoms with Gasteiger partial charge in [0, 0.05) is 25.2 Å². The van der Waals surface area contributed by atoms with Gasteiger partial charge in [-0.25, -0.2) is 8.42 Å². The minimum absolute atomic E-state index is 0.00750. The van der Waals surface area contributed by atoms with Crippen LogP contribution in [-0.4, -0.2) is 52.6 Å². The second-order valence-electron chi connectivity index (χ2n) is 4.87. The molecule has 1 aliphatic heterocycles. The van der Waals surface area contributed by atoms with Crippen LogP contribution in [0.25, 0.3) is 0 Å². The number of sulfonamides is 1. The first-order valence-corrected chi connectivity index (χ1v) is 8.43. The summed E-state index contributed by atoms with van der Waals surface area (Å²) in [5, 5.41) is 3.20. The van der Waals surface area contributed by atoms with E-state index in [0.717, 1.165) is 13.0 Å². The van der Waals surface area contributed by atoms with Crippen molar-refractivity contribution in [2.75, 3.05) is 33.9 Å². The number of hydrogen-bond donors (Lipinski definition) is 1. The SMILES string of the molecule is CCN(C1CCNC1)S(=O)(=O)c1ccc(OC)c(OC)c1. The molecule has 0 spiro atoms. The zero-order chi connectivity index (χ0) is 15.5. The van der Waals surface area contributed by atoms with Crippen LogP contribution in [0.1, 0.15) is 13.3 Å². The largest absolute Gasteiger partial charge is 0.493 e. The van der Waals surface area contributed by atoms with Crippen molar-refractivity contribution in [1.82, 2.24) is 9.62 Å². The lowest BCUT2D eigenvalue weighted by atomic mass is 10.3. The molecule has 0 aliphatic carbocycles. The van der Waals surface area contributed by atoms with E-state index in [1.165, 1.54) is 20.3 Å². The Morgan fingerprint density at radius 1 is 1.29 bits per heavy atom. The van der Waals surface area contributed by atoms with Crippen molar-refractivity contribution in [2.45, 2.75) is 24.3 Å². The molecule has 1 aromatic carbocycles. The quantitative estimate of drug-likeness (QED) is 0.851. The lowest BCUT2D eigenvalue weighted by molar-refractivity contribution is 0.345. The number of methoxy groups -OCH3 is 2. The molecule has 0 saturated carbocycles. The van der Waals surface area contributed by atoms with E-state index in [9.17, 15) is 8.42 Å².